The maximum atomic E-state index is 13.8. The molecule has 0 bridgehead atoms. The number of benzene rings is 1. The first-order chi connectivity index (χ1) is 9.99. The average Bonchev–Trinajstić information content (AvgIpc) is 2.79. The summed E-state index contributed by atoms with van der Waals surface area (Å²) in [6.07, 6.45) is 1.76. The van der Waals surface area contributed by atoms with E-state index in [1.165, 1.54) is 0 Å². The number of aromatic nitrogens is 3. The molecule has 0 fully saturated rings. The normalized spacial score (nSPS) is 12.8. The number of aromatic amines is 1. The van der Waals surface area contributed by atoms with E-state index in [1.54, 1.807) is 25.3 Å². The molecular weight excluding hydrogens is 285 g/mol. The Morgan fingerprint density at radius 1 is 1.24 bits per heavy atom. The molecule has 0 aliphatic rings. The van der Waals surface area contributed by atoms with Crippen molar-refractivity contribution in [3.8, 4) is 0 Å². The second-order valence-electron chi connectivity index (χ2n) is 5.31. The van der Waals surface area contributed by atoms with Gasteiger partial charge in [-0.25, -0.2) is 9.37 Å². The third-order valence-corrected chi connectivity index (χ3v) is 4.18. The van der Waals surface area contributed by atoms with Crippen molar-refractivity contribution in [2.45, 2.75) is 26.8 Å². The lowest BCUT2D eigenvalue weighted by atomic mass is 10.1. The number of halogens is 1. The van der Waals surface area contributed by atoms with Crippen molar-refractivity contribution in [3.63, 3.8) is 0 Å². The minimum Gasteiger partial charge on any atom is -0.329 e. The SMILES string of the molecule is Cc1ccc(C(C)n2c(=S)[nH]c3c(C)ccnc32)cc1F. The Labute approximate surface area is 127 Å². The van der Waals surface area contributed by atoms with Crippen LogP contribution in [-0.2, 0) is 0 Å². The smallest absolute Gasteiger partial charge is 0.179 e. The summed E-state index contributed by atoms with van der Waals surface area (Å²) in [6.45, 7) is 5.76. The van der Waals surface area contributed by atoms with Crippen LogP contribution < -0.4 is 0 Å². The van der Waals surface area contributed by atoms with Crippen LogP contribution in [0, 0.1) is 24.4 Å². The molecule has 0 saturated heterocycles. The van der Waals surface area contributed by atoms with Gasteiger partial charge in [-0.05, 0) is 61.8 Å². The molecule has 108 valence electrons. The van der Waals surface area contributed by atoms with E-state index in [4.69, 9.17) is 12.2 Å². The van der Waals surface area contributed by atoms with Crippen LogP contribution >= 0.6 is 12.2 Å². The van der Waals surface area contributed by atoms with Gasteiger partial charge in [0.15, 0.2) is 10.4 Å². The summed E-state index contributed by atoms with van der Waals surface area (Å²) in [5.74, 6) is -0.199. The molecule has 2 heterocycles. The highest BCUT2D eigenvalue weighted by atomic mass is 32.1. The number of hydrogen-bond donors (Lipinski definition) is 1. The lowest BCUT2D eigenvalue weighted by Gasteiger charge is -2.15. The summed E-state index contributed by atoms with van der Waals surface area (Å²) in [7, 11) is 0. The molecule has 0 spiro atoms. The van der Waals surface area contributed by atoms with Gasteiger partial charge < -0.3 is 4.98 Å². The Kier molecular flexibility index (Phi) is 3.37. The van der Waals surface area contributed by atoms with Gasteiger partial charge in [0.2, 0.25) is 0 Å². The summed E-state index contributed by atoms with van der Waals surface area (Å²) in [6, 6.07) is 7.14. The lowest BCUT2D eigenvalue weighted by molar-refractivity contribution is 0.599. The van der Waals surface area contributed by atoms with Crippen molar-refractivity contribution in [2.75, 3.05) is 0 Å². The average molecular weight is 301 g/mol. The van der Waals surface area contributed by atoms with Crippen LogP contribution in [0.1, 0.15) is 29.7 Å². The number of aryl methyl sites for hydroxylation is 2. The zero-order valence-corrected chi connectivity index (χ0v) is 13.0. The van der Waals surface area contributed by atoms with E-state index in [1.807, 2.05) is 30.5 Å². The Morgan fingerprint density at radius 2 is 2.00 bits per heavy atom. The number of imidazole rings is 1. The molecule has 21 heavy (non-hydrogen) atoms. The number of nitrogens with zero attached hydrogens (tertiary/aromatic N) is 2. The molecule has 1 aromatic carbocycles. The largest absolute Gasteiger partial charge is 0.329 e. The fourth-order valence-corrected chi connectivity index (χ4v) is 2.87. The molecular formula is C16H16FN3S. The first kappa shape index (κ1) is 13.9. The van der Waals surface area contributed by atoms with Gasteiger partial charge in [0.25, 0.3) is 0 Å². The predicted octanol–water partition coefficient (Wildman–Crippen LogP) is 4.46. The molecule has 1 unspecified atom stereocenters. The van der Waals surface area contributed by atoms with Crippen LogP contribution in [0.3, 0.4) is 0 Å². The Balaban J connectivity index is 2.20. The van der Waals surface area contributed by atoms with E-state index in [0.29, 0.717) is 10.3 Å². The predicted molar refractivity (Wildman–Crippen MR) is 84.6 cm³/mol. The molecule has 5 heteroatoms. The first-order valence-corrected chi connectivity index (χ1v) is 7.21. The Morgan fingerprint density at radius 3 is 2.71 bits per heavy atom. The zero-order chi connectivity index (χ0) is 15.1. The molecule has 0 radical (unpaired) electrons. The third-order valence-electron chi connectivity index (χ3n) is 3.88. The van der Waals surface area contributed by atoms with E-state index in [2.05, 4.69) is 9.97 Å². The molecule has 1 N–H and O–H groups in total. The van der Waals surface area contributed by atoms with Gasteiger partial charge in [-0.15, -0.1) is 0 Å². The third kappa shape index (κ3) is 2.27. The lowest BCUT2D eigenvalue weighted by Crippen LogP contribution is -2.08. The van der Waals surface area contributed by atoms with Crippen LogP contribution in [0.25, 0.3) is 11.2 Å². The maximum absolute atomic E-state index is 13.8. The van der Waals surface area contributed by atoms with Crippen LogP contribution in [0.15, 0.2) is 30.5 Å². The quantitative estimate of drug-likeness (QED) is 0.709. The molecule has 3 rings (SSSR count). The van der Waals surface area contributed by atoms with Gasteiger partial charge in [0.1, 0.15) is 5.82 Å². The minimum absolute atomic E-state index is 0.0874. The van der Waals surface area contributed by atoms with Crippen molar-refractivity contribution in [2.24, 2.45) is 0 Å². The first-order valence-electron chi connectivity index (χ1n) is 6.81. The number of pyridine rings is 1. The summed E-state index contributed by atoms with van der Waals surface area (Å²) in [5.41, 5.74) is 4.34. The highest BCUT2D eigenvalue weighted by molar-refractivity contribution is 7.71. The van der Waals surface area contributed by atoms with Gasteiger partial charge in [0, 0.05) is 6.20 Å². The van der Waals surface area contributed by atoms with E-state index in [9.17, 15) is 4.39 Å². The van der Waals surface area contributed by atoms with Gasteiger partial charge in [0.05, 0.1) is 11.6 Å². The van der Waals surface area contributed by atoms with Crippen molar-refractivity contribution in [1.29, 1.82) is 0 Å². The molecule has 3 nitrogen and oxygen atoms in total. The highest BCUT2D eigenvalue weighted by Crippen LogP contribution is 2.25. The van der Waals surface area contributed by atoms with Gasteiger partial charge in [-0.2, -0.15) is 0 Å². The molecule has 0 saturated carbocycles. The molecule has 0 amide bonds. The molecule has 0 aliphatic carbocycles. The number of hydrogen-bond acceptors (Lipinski definition) is 2. The number of nitrogens with one attached hydrogen (secondary N) is 1. The monoisotopic (exact) mass is 301 g/mol. The zero-order valence-electron chi connectivity index (χ0n) is 12.1. The van der Waals surface area contributed by atoms with Crippen molar-refractivity contribution < 1.29 is 4.39 Å². The highest BCUT2D eigenvalue weighted by Gasteiger charge is 2.16. The molecule has 2 aromatic heterocycles. The fourth-order valence-electron chi connectivity index (χ4n) is 2.52. The van der Waals surface area contributed by atoms with Crippen LogP contribution in [-0.4, -0.2) is 14.5 Å². The topological polar surface area (TPSA) is 33.6 Å². The Bertz CT molecular complexity index is 879. The molecule has 3 aromatic rings. The second-order valence-corrected chi connectivity index (χ2v) is 5.70. The van der Waals surface area contributed by atoms with Crippen LogP contribution in [0.5, 0.6) is 0 Å². The number of fused-ring (bicyclic) bond motifs is 1. The van der Waals surface area contributed by atoms with Crippen LogP contribution in [0.4, 0.5) is 4.39 Å². The van der Waals surface area contributed by atoms with E-state index in [-0.39, 0.29) is 11.9 Å². The summed E-state index contributed by atoms with van der Waals surface area (Å²) >= 11 is 5.42. The van der Waals surface area contributed by atoms with Gasteiger partial charge in [-0.1, -0.05) is 12.1 Å². The maximum Gasteiger partial charge on any atom is 0.179 e. The van der Waals surface area contributed by atoms with Crippen LogP contribution in [0.2, 0.25) is 0 Å². The van der Waals surface area contributed by atoms with Crippen molar-refractivity contribution >= 4 is 23.4 Å². The second kappa shape index (κ2) is 5.07. The standard InChI is InChI=1S/C16H16FN3S/c1-9-4-5-12(8-13(9)17)11(3)20-15-14(19-16(20)21)10(2)6-7-18-15/h4-8,11H,1-3H3,(H,19,21). The van der Waals surface area contributed by atoms with Crippen molar-refractivity contribution in [1.82, 2.24) is 14.5 Å². The number of rotatable bonds is 2. The fraction of sp³-hybridized carbons (Fsp3) is 0.250. The molecule has 1 atom stereocenters. The number of H-pyrrole nitrogens is 1. The van der Waals surface area contributed by atoms with Gasteiger partial charge in [-0.3, -0.25) is 4.57 Å². The van der Waals surface area contributed by atoms with E-state index >= 15 is 0 Å². The summed E-state index contributed by atoms with van der Waals surface area (Å²) in [5, 5.41) is 0. The Hall–Kier alpha value is -2.01. The molecule has 0 aliphatic heterocycles. The van der Waals surface area contributed by atoms with Gasteiger partial charge >= 0.3 is 0 Å². The minimum atomic E-state index is -0.199. The summed E-state index contributed by atoms with van der Waals surface area (Å²) < 4.78 is 16.3. The van der Waals surface area contributed by atoms with E-state index in [0.717, 1.165) is 22.3 Å². The van der Waals surface area contributed by atoms with E-state index < -0.39 is 0 Å². The van der Waals surface area contributed by atoms with Crippen molar-refractivity contribution in [3.05, 3.63) is 57.7 Å². The summed E-state index contributed by atoms with van der Waals surface area (Å²) in [4.78, 5) is 7.61.